The van der Waals surface area contributed by atoms with Crippen LogP contribution >= 0.6 is 0 Å². The zero-order valence-electron chi connectivity index (χ0n) is 36.4. The Balaban J connectivity index is 1.13. The van der Waals surface area contributed by atoms with Crippen LogP contribution in [0.1, 0.15) is 93.9 Å². The minimum absolute atomic E-state index is 0.0198. The number of nitrogens with zero attached hydrogens (tertiary/aromatic N) is 2. The maximum absolute atomic E-state index is 15.3. The molecular weight excluding hydrogens is 874 g/mol. The van der Waals surface area contributed by atoms with Crippen molar-refractivity contribution in [2.24, 2.45) is 11.8 Å². The van der Waals surface area contributed by atoms with Gasteiger partial charge in [0, 0.05) is 36.2 Å². The molecule has 2 saturated carbocycles. The van der Waals surface area contributed by atoms with Crippen LogP contribution in [-0.4, -0.2) is 91.4 Å². The first-order valence-electron chi connectivity index (χ1n) is 21.6. The first kappa shape index (κ1) is 49.0. The molecule has 2 fully saturated rings. The zero-order valence-corrected chi connectivity index (χ0v) is 36.4. The maximum Gasteiger partial charge on any atom is 0.411 e. The average molecular weight is 926 g/mol. The van der Waals surface area contributed by atoms with E-state index < -0.39 is 76.9 Å². The van der Waals surface area contributed by atoms with Crippen molar-refractivity contribution >= 4 is 35.5 Å². The third-order valence-corrected chi connectivity index (χ3v) is 11.6. The molecule has 0 bridgehead atoms. The standard InChI is InChI=1S/C46H52F5N7O8/c1-44(2,3)66-43(65)52-24-26-6-10-29(11-7-26)38(60)55-36(40(62)54-31-15-12-28(13-16-31)37-56-41(58-57-37)45(48,49)46(50,51)42(63)64)22-25-4-8-27(9-5-25)30-14-21-34(35(47)23-30)39(61)53-32-17-19-33(59)20-18-32/h4-5,8-9,12-16,21,23,26,29,32-33,36,59H,6-7,10-11,17-20,22,24H2,1-3H3,(H,52,65)(H,53,61)(H,54,62)(H,55,60)(H,63,64)(H,56,57,58)/t26?,29?,32?,33?,36-/m0/s1. The normalized spacial score (nSPS) is 19.5. The third-order valence-electron chi connectivity index (χ3n) is 11.6. The number of halogens is 5. The maximum atomic E-state index is 15.3. The van der Waals surface area contributed by atoms with E-state index in [9.17, 15) is 46.6 Å². The van der Waals surface area contributed by atoms with Crippen molar-refractivity contribution in [2.45, 2.75) is 114 Å². The van der Waals surface area contributed by atoms with E-state index in [2.05, 4.69) is 31.3 Å². The molecule has 0 saturated heterocycles. The number of aromatic amines is 1. The van der Waals surface area contributed by atoms with Gasteiger partial charge in [0.1, 0.15) is 17.5 Å². The molecule has 0 spiro atoms. The number of aliphatic hydroxyl groups is 1. The average Bonchev–Trinajstić information content (AvgIpc) is 3.78. The van der Waals surface area contributed by atoms with E-state index in [4.69, 9.17) is 9.84 Å². The Morgan fingerprint density at radius 3 is 2.06 bits per heavy atom. The summed E-state index contributed by atoms with van der Waals surface area (Å²) < 4.78 is 76.7. The number of anilines is 1. The lowest BCUT2D eigenvalue weighted by Crippen LogP contribution is -2.48. The van der Waals surface area contributed by atoms with Gasteiger partial charge in [-0.25, -0.2) is 19.0 Å². The van der Waals surface area contributed by atoms with E-state index in [1.807, 2.05) is 0 Å². The number of alkyl carbamates (subject to hydrolysis) is 1. The summed E-state index contributed by atoms with van der Waals surface area (Å²) in [5.74, 6) is -18.4. The highest BCUT2D eigenvalue weighted by atomic mass is 19.3. The summed E-state index contributed by atoms with van der Waals surface area (Å²) in [6, 6.07) is 15.2. The quantitative estimate of drug-likeness (QED) is 0.0598. The predicted octanol–water partition coefficient (Wildman–Crippen LogP) is 7.12. The number of H-pyrrole nitrogens is 1. The van der Waals surface area contributed by atoms with Gasteiger partial charge in [0.2, 0.25) is 17.6 Å². The van der Waals surface area contributed by atoms with Gasteiger partial charge in [-0.1, -0.05) is 30.3 Å². The van der Waals surface area contributed by atoms with Crippen LogP contribution in [0.25, 0.3) is 22.5 Å². The molecule has 6 rings (SSSR count). The number of benzene rings is 3. The molecule has 1 heterocycles. The van der Waals surface area contributed by atoms with Crippen LogP contribution in [-0.2, 0) is 31.5 Å². The summed E-state index contributed by atoms with van der Waals surface area (Å²) >= 11 is 0. The molecule has 7 N–H and O–H groups in total. The van der Waals surface area contributed by atoms with Crippen molar-refractivity contribution in [3.63, 3.8) is 0 Å². The van der Waals surface area contributed by atoms with Crippen LogP contribution in [0.5, 0.6) is 0 Å². The van der Waals surface area contributed by atoms with E-state index in [1.165, 1.54) is 36.4 Å². The van der Waals surface area contributed by atoms with E-state index in [0.717, 1.165) is 0 Å². The van der Waals surface area contributed by atoms with Crippen molar-refractivity contribution < 1.29 is 60.9 Å². The molecule has 0 aliphatic heterocycles. The van der Waals surface area contributed by atoms with Crippen molar-refractivity contribution in [2.75, 3.05) is 11.9 Å². The number of aliphatic carboxylic acids is 1. The molecule has 3 aromatic carbocycles. The van der Waals surface area contributed by atoms with E-state index in [1.54, 1.807) is 56.2 Å². The van der Waals surface area contributed by atoms with Crippen LogP contribution in [0.4, 0.5) is 32.4 Å². The Morgan fingerprint density at radius 2 is 1.45 bits per heavy atom. The monoisotopic (exact) mass is 925 g/mol. The second kappa shape index (κ2) is 20.4. The largest absolute Gasteiger partial charge is 0.477 e. The topological polar surface area (TPSA) is 225 Å². The van der Waals surface area contributed by atoms with Crippen molar-refractivity contribution in [1.29, 1.82) is 0 Å². The summed E-state index contributed by atoms with van der Waals surface area (Å²) in [5.41, 5.74) is 1.25. The molecule has 2 aliphatic carbocycles. The lowest BCUT2D eigenvalue weighted by molar-refractivity contribution is -0.231. The Kier molecular flexibility index (Phi) is 15.1. The number of aliphatic hydroxyl groups excluding tert-OH is 1. The summed E-state index contributed by atoms with van der Waals surface area (Å²) in [6.45, 7) is 5.67. The molecule has 4 aromatic rings. The fourth-order valence-electron chi connectivity index (χ4n) is 7.85. The molecule has 0 radical (unpaired) electrons. The first-order chi connectivity index (χ1) is 31.1. The van der Waals surface area contributed by atoms with Crippen molar-refractivity contribution in [1.82, 2.24) is 31.1 Å². The summed E-state index contributed by atoms with van der Waals surface area (Å²) in [4.78, 5) is 66.8. The van der Waals surface area contributed by atoms with Gasteiger partial charge in [-0.05, 0) is 131 Å². The number of alkyl halides is 4. The van der Waals surface area contributed by atoms with Gasteiger partial charge < -0.3 is 36.2 Å². The number of carbonyl (C=O) groups is 5. The molecule has 2 aliphatic rings. The number of carboxylic acids is 1. The molecule has 354 valence electrons. The van der Waals surface area contributed by atoms with Gasteiger partial charge in [0.15, 0.2) is 5.82 Å². The number of amides is 4. The Bertz CT molecular complexity index is 2370. The third kappa shape index (κ3) is 12.3. The summed E-state index contributed by atoms with van der Waals surface area (Å²) in [5, 5.41) is 34.8. The minimum atomic E-state index is -5.47. The van der Waals surface area contributed by atoms with Gasteiger partial charge in [-0.15, -0.1) is 0 Å². The van der Waals surface area contributed by atoms with Crippen molar-refractivity contribution in [3.8, 4) is 22.5 Å². The minimum Gasteiger partial charge on any atom is -0.477 e. The number of rotatable bonds is 15. The van der Waals surface area contributed by atoms with Gasteiger partial charge >= 0.3 is 23.9 Å². The first-order valence-corrected chi connectivity index (χ1v) is 21.6. The lowest BCUT2D eigenvalue weighted by atomic mass is 9.81. The fourth-order valence-corrected chi connectivity index (χ4v) is 7.85. The van der Waals surface area contributed by atoms with Gasteiger partial charge in [-0.2, -0.15) is 22.7 Å². The summed E-state index contributed by atoms with van der Waals surface area (Å²) in [6.07, 6.45) is 3.70. The molecule has 15 nitrogen and oxygen atoms in total. The highest BCUT2D eigenvalue weighted by Gasteiger charge is 2.65. The van der Waals surface area contributed by atoms with Gasteiger partial charge in [0.25, 0.3) is 5.91 Å². The number of hydrogen-bond donors (Lipinski definition) is 7. The van der Waals surface area contributed by atoms with Crippen LogP contribution in [0.2, 0.25) is 0 Å². The van der Waals surface area contributed by atoms with E-state index in [-0.39, 0.29) is 41.1 Å². The van der Waals surface area contributed by atoms with Gasteiger partial charge in [-0.3, -0.25) is 19.5 Å². The fraction of sp³-hybridized carbons (Fsp3) is 0.457. The zero-order chi connectivity index (χ0) is 48.0. The van der Waals surface area contributed by atoms with Crippen molar-refractivity contribution in [3.05, 3.63) is 89.5 Å². The molecule has 66 heavy (non-hydrogen) atoms. The molecule has 1 atom stereocenters. The van der Waals surface area contributed by atoms with Crippen LogP contribution in [0, 0.1) is 17.7 Å². The van der Waals surface area contributed by atoms with Crippen LogP contribution in [0.3, 0.4) is 0 Å². The smallest absolute Gasteiger partial charge is 0.411 e. The number of aromatic nitrogens is 3. The predicted molar refractivity (Wildman–Crippen MR) is 230 cm³/mol. The highest BCUT2D eigenvalue weighted by Crippen LogP contribution is 2.42. The Hall–Kier alpha value is -6.44. The molecule has 1 aromatic heterocycles. The molecule has 4 amide bonds. The van der Waals surface area contributed by atoms with Crippen LogP contribution < -0.4 is 21.3 Å². The van der Waals surface area contributed by atoms with Crippen LogP contribution in [0.15, 0.2) is 66.7 Å². The molecule has 20 heteroatoms. The van der Waals surface area contributed by atoms with Gasteiger partial charge in [0.05, 0.1) is 11.7 Å². The number of ether oxygens (including phenoxy) is 1. The molecular formula is C46H52F5N7O8. The number of hydrogen-bond acceptors (Lipinski definition) is 9. The Morgan fingerprint density at radius 1 is 0.833 bits per heavy atom. The second-order valence-corrected chi connectivity index (χ2v) is 17.8. The SMILES string of the molecule is CC(C)(C)OC(=O)NCC1CCC(C(=O)N[C@@H](Cc2ccc(-c3ccc(C(=O)NC4CCC(O)CC4)c(F)c3)cc2)C(=O)Nc2ccc(-c3n[nH]c(C(F)(F)C(F)(F)C(=O)O)n3)cc2)CC1. The number of carboxylic acid groups (broad SMARTS) is 1. The number of carbonyl (C=O) groups excluding carboxylic acids is 4. The number of nitrogens with one attached hydrogen (secondary N) is 5. The van der Waals surface area contributed by atoms with E-state index in [0.29, 0.717) is 74.6 Å². The second-order valence-electron chi connectivity index (χ2n) is 17.8. The molecule has 0 unspecified atom stereocenters. The lowest BCUT2D eigenvalue weighted by Gasteiger charge is -2.29. The summed E-state index contributed by atoms with van der Waals surface area (Å²) in [7, 11) is 0. The Labute approximate surface area is 376 Å². The van der Waals surface area contributed by atoms with E-state index >= 15 is 4.39 Å². The highest BCUT2D eigenvalue weighted by molar-refractivity contribution is 5.98.